The van der Waals surface area contributed by atoms with Gasteiger partial charge >= 0.3 is 6.09 Å². The van der Waals surface area contributed by atoms with Gasteiger partial charge in [0.25, 0.3) is 6.01 Å². The number of carbonyl (C=O) groups is 1. The van der Waals surface area contributed by atoms with Crippen LogP contribution in [-0.2, 0) is 11.2 Å². The predicted molar refractivity (Wildman–Crippen MR) is 121 cm³/mol. The van der Waals surface area contributed by atoms with Gasteiger partial charge in [0.2, 0.25) is 0 Å². The first-order valence-corrected chi connectivity index (χ1v) is 11.1. The van der Waals surface area contributed by atoms with Crippen LogP contribution in [0.2, 0.25) is 0 Å². The Hall–Kier alpha value is -3.09. The number of hydrogen-bond acceptors (Lipinski definition) is 4. The second-order valence-corrected chi connectivity index (χ2v) is 9.35. The molecular formula is C25H30FN3O3. The molecule has 0 bridgehead atoms. The summed E-state index contributed by atoms with van der Waals surface area (Å²) in [6, 6.07) is 14.8. The lowest BCUT2D eigenvalue weighted by molar-refractivity contribution is 0.0101. The molecule has 1 aliphatic heterocycles. The van der Waals surface area contributed by atoms with Crippen molar-refractivity contribution in [3.05, 3.63) is 59.9 Å². The fourth-order valence-electron chi connectivity index (χ4n) is 4.07. The van der Waals surface area contributed by atoms with Crippen LogP contribution in [0.15, 0.2) is 48.5 Å². The van der Waals surface area contributed by atoms with E-state index in [1.54, 1.807) is 17.0 Å². The molecule has 6 nitrogen and oxygen atoms in total. The van der Waals surface area contributed by atoms with Gasteiger partial charge in [-0.3, -0.25) is 0 Å². The number of para-hydroxylation sites is 2. The van der Waals surface area contributed by atoms with Crippen LogP contribution in [0.1, 0.15) is 39.2 Å². The van der Waals surface area contributed by atoms with Crippen LogP contribution in [0, 0.1) is 11.7 Å². The van der Waals surface area contributed by atoms with Gasteiger partial charge in [0.1, 0.15) is 17.5 Å². The van der Waals surface area contributed by atoms with Gasteiger partial charge in [0, 0.05) is 19.5 Å². The predicted octanol–water partition coefficient (Wildman–Crippen LogP) is 5.34. The van der Waals surface area contributed by atoms with Gasteiger partial charge in [-0.2, -0.15) is 4.98 Å². The first-order valence-electron chi connectivity index (χ1n) is 11.1. The summed E-state index contributed by atoms with van der Waals surface area (Å²) in [6.07, 6.45) is 1.80. The summed E-state index contributed by atoms with van der Waals surface area (Å²) in [7, 11) is 0. The number of hydrogen-bond donors (Lipinski definition) is 1. The molecule has 170 valence electrons. The number of H-pyrrole nitrogens is 1. The minimum atomic E-state index is -0.510. The van der Waals surface area contributed by atoms with Gasteiger partial charge < -0.3 is 19.4 Å². The third-order valence-corrected chi connectivity index (χ3v) is 5.70. The second-order valence-electron chi connectivity index (χ2n) is 9.35. The van der Waals surface area contributed by atoms with Crippen LogP contribution in [0.25, 0.3) is 11.0 Å². The van der Waals surface area contributed by atoms with E-state index in [2.05, 4.69) is 9.97 Å². The molecule has 1 fully saturated rings. The number of nitrogens with one attached hydrogen (secondary N) is 1. The quantitative estimate of drug-likeness (QED) is 0.583. The maximum atomic E-state index is 13.4. The molecule has 2 aromatic carbocycles. The van der Waals surface area contributed by atoms with E-state index in [1.807, 2.05) is 45.0 Å². The Morgan fingerprint density at radius 2 is 1.84 bits per heavy atom. The van der Waals surface area contributed by atoms with Crippen molar-refractivity contribution in [2.24, 2.45) is 5.92 Å². The fourth-order valence-corrected chi connectivity index (χ4v) is 4.07. The van der Waals surface area contributed by atoms with Crippen molar-refractivity contribution < 1.29 is 18.7 Å². The smallest absolute Gasteiger partial charge is 0.410 e. The number of likely N-dealkylation sites (tertiary alicyclic amines) is 1. The van der Waals surface area contributed by atoms with E-state index in [1.165, 1.54) is 12.1 Å². The van der Waals surface area contributed by atoms with Gasteiger partial charge in [0.15, 0.2) is 0 Å². The third-order valence-electron chi connectivity index (χ3n) is 5.70. The maximum Gasteiger partial charge on any atom is 0.410 e. The number of imidazole rings is 1. The molecule has 3 aromatic rings. The lowest BCUT2D eigenvalue weighted by Crippen LogP contribution is -2.45. The molecule has 1 unspecified atom stereocenters. The number of fused-ring (bicyclic) bond motifs is 1. The van der Waals surface area contributed by atoms with E-state index < -0.39 is 5.60 Å². The number of ether oxygens (including phenoxy) is 2. The maximum absolute atomic E-state index is 13.4. The molecule has 32 heavy (non-hydrogen) atoms. The lowest BCUT2D eigenvalue weighted by atomic mass is 9.88. The van der Waals surface area contributed by atoms with Gasteiger partial charge in [-0.25, -0.2) is 9.18 Å². The number of aromatic nitrogens is 2. The van der Waals surface area contributed by atoms with Crippen molar-refractivity contribution in [2.75, 3.05) is 13.1 Å². The second kappa shape index (κ2) is 9.18. The molecule has 1 N–H and O–H groups in total. The Labute approximate surface area is 187 Å². The number of amides is 1. The van der Waals surface area contributed by atoms with Crippen LogP contribution in [0.4, 0.5) is 9.18 Å². The Morgan fingerprint density at radius 1 is 1.16 bits per heavy atom. The average Bonchev–Trinajstić information content (AvgIpc) is 3.16. The molecule has 7 heteroatoms. The van der Waals surface area contributed by atoms with E-state index in [4.69, 9.17) is 9.47 Å². The number of nitrogens with zero attached hydrogens (tertiary/aromatic N) is 2. The Morgan fingerprint density at radius 3 is 2.50 bits per heavy atom. The van der Waals surface area contributed by atoms with E-state index in [0.717, 1.165) is 29.4 Å². The number of benzene rings is 2. The number of aromatic amines is 1. The first kappa shape index (κ1) is 22.1. The average molecular weight is 440 g/mol. The number of piperidine rings is 1. The monoisotopic (exact) mass is 439 g/mol. The SMILES string of the molecule is CC(C)(C)OC(=O)N1CCC(C(Cc2ccc(F)cc2)Oc2nc3ccccc3[nH]2)CC1. The zero-order valence-electron chi connectivity index (χ0n) is 18.8. The zero-order valence-corrected chi connectivity index (χ0v) is 18.8. The zero-order chi connectivity index (χ0) is 22.7. The molecule has 1 amide bonds. The van der Waals surface area contributed by atoms with Crippen molar-refractivity contribution in [3.63, 3.8) is 0 Å². The minimum Gasteiger partial charge on any atom is -0.461 e. The first-order chi connectivity index (χ1) is 15.3. The summed E-state index contributed by atoms with van der Waals surface area (Å²) >= 11 is 0. The molecule has 1 aliphatic rings. The van der Waals surface area contributed by atoms with E-state index in [0.29, 0.717) is 25.5 Å². The molecule has 0 saturated carbocycles. The standard InChI is InChI=1S/C25H30FN3O3/c1-25(2,3)32-24(30)29-14-12-18(13-15-29)22(16-17-8-10-19(26)11-9-17)31-23-27-20-6-4-5-7-21(20)28-23/h4-11,18,22H,12-16H2,1-3H3,(H,27,28). The Kier molecular flexibility index (Phi) is 6.35. The summed E-state index contributed by atoms with van der Waals surface area (Å²) in [5, 5.41) is 0. The number of rotatable bonds is 5. The molecule has 0 spiro atoms. The van der Waals surface area contributed by atoms with Crippen LogP contribution in [-0.4, -0.2) is 45.8 Å². The van der Waals surface area contributed by atoms with Gasteiger partial charge in [-0.05, 0) is 69.4 Å². The summed E-state index contributed by atoms with van der Waals surface area (Å²) in [4.78, 5) is 22.0. The molecule has 0 aliphatic carbocycles. The molecule has 4 rings (SSSR count). The van der Waals surface area contributed by atoms with Crippen molar-refractivity contribution in [1.29, 1.82) is 0 Å². The van der Waals surface area contributed by atoms with E-state index in [9.17, 15) is 9.18 Å². The van der Waals surface area contributed by atoms with Crippen LogP contribution in [0.5, 0.6) is 6.01 Å². The molecule has 2 heterocycles. The highest BCUT2D eigenvalue weighted by atomic mass is 19.1. The normalized spacial score (nSPS) is 16.2. The molecule has 1 aromatic heterocycles. The number of carbonyl (C=O) groups excluding carboxylic acids is 1. The topological polar surface area (TPSA) is 67.4 Å². The highest BCUT2D eigenvalue weighted by Gasteiger charge is 2.32. The highest BCUT2D eigenvalue weighted by Crippen LogP contribution is 2.28. The Balaban J connectivity index is 1.47. The summed E-state index contributed by atoms with van der Waals surface area (Å²) in [5.41, 5.74) is 2.26. The van der Waals surface area contributed by atoms with Crippen LogP contribution in [0.3, 0.4) is 0 Å². The lowest BCUT2D eigenvalue weighted by Gasteiger charge is -2.36. The molecule has 1 saturated heterocycles. The Bertz CT molecular complexity index is 1020. The van der Waals surface area contributed by atoms with Crippen LogP contribution >= 0.6 is 0 Å². The largest absolute Gasteiger partial charge is 0.461 e. The molecular weight excluding hydrogens is 409 g/mol. The molecule has 0 radical (unpaired) electrons. The third kappa shape index (κ3) is 5.58. The summed E-state index contributed by atoms with van der Waals surface area (Å²) < 4.78 is 25.3. The van der Waals surface area contributed by atoms with Crippen molar-refractivity contribution >= 4 is 17.1 Å². The fraction of sp³-hybridized carbons (Fsp3) is 0.440. The highest BCUT2D eigenvalue weighted by molar-refractivity contribution is 5.75. The van der Waals surface area contributed by atoms with E-state index >= 15 is 0 Å². The van der Waals surface area contributed by atoms with Gasteiger partial charge in [-0.1, -0.05) is 24.3 Å². The summed E-state index contributed by atoms with van der Waals surface area (Å²) in [6.45, 7) is 6.85. The van der Waals surface area contributed by atoms with Crippen LogP contribution < -0.4 is 4.74 Å². The van der Waals surface area contributed by atoms with Gasteiger partial charge in [-0.15, -0.1) is 0 Å². The summed E-state index contributed by atoms with van der Waals surface area (Å²) in [5.74, 6) is -0.0267. The van der Waals surface area contributed by atoms with E-state index in [-0.39, 0.29) is 23.9 Å². The van der Waals surface area contributed by atoms with Crippen molar-refractivity contribution in [3.8, 4) is 6.01 Å². The van der Waals surface area contributed by atoms with Gasteiger partial charge in [0.05, 0.1) is 11.0 Å². The molecule has 1 atom stereocenters. The van der Waals surface area contributed by atoms with Crippen molar-refractivity contribution in [2.45, 2.75) is 51.7 Å². The number of halogens is 1. The van der Waals surface area contributed by atoms with Crippen molar-refractivity contribution in [1.82, 2.24) is 14.9 Å². The minimum absolute atomic E-state index is 0.151.